The molecule has 100 valence electrons. The third-order valence-electron chi connectivity index (χ3n) is 4.21. The van der Waals surface area contributed by atoms with Gasteiger partial charge in [0, 0.05) is 5.54 Å². The molecule has 0 amide bonds. The summed E-state index contributed by atoms with van der Waals surface area (Å²) in [5, 5.41) is 12.5. The fraction of sp³-hybridized carbons (Fsp3) is 0.929. The van der Waals surface area contributed by atoms with Crippen LogP contribution < -0.4 is 5.32 Å². The third-order valence-corrected chi connectivity index (χ3v) is 4.21. The van der Waals surface area contributed by atoms with E-state index in [9.17, 15) is 4.79 Å². The molecule has 0 aromatic rings. The highest BCUT2D eigenvalue weighted by atomic mass is 16.4. The van der Waals surface area contributed by atoms with Crippen molar-refractivity contribution < 1.29 is 9.90 Å². The molecule has 1 saturated carbocycles. The third kappa shape index (κ3) is 4.30. The minimum absolute atomic E-state index is 0.149. The first-order valence-corrected chi connectivity index (χ1v) is 6.96. The second kappa shape index (κ2) is 6.39. The van der Waals surface area contributed by atoms with Gasteiger partial charge >= 0.3 is 5.97 Å². The van der Waals surface area contributed by atoms with Crippen LogP contribution in [-0.4, -0.2) is 23.2 Å². The normalized spacial score (nSPS) is 30.2. The molecule has 3 nitrogen and oxygen atoms in total. The number of carboxylic acid groups (broad SMARTS) is 1. The molecule has 0 heterocycles. The average Bonchev–Trinajstić information content (AvgIpc) is 2.40. The Hall–Kier alpha value is -0.570. The maximum atomic E-state index is 11.0. The Morgan fingerprint density at radius 1 is 1.41 bits per heavy atom. The molecule has 0 saturated heterocycles. The van der Waals surface area contributed by atoms with Crippen LogP contribution in [0.3, 0.4) is 0 Å². The maximum absolute atomic E-state index is 11.0. The Labute approximate surface area is 105 Å². The Morgan fingerprint density at radius 3 is 2.65 bits per heavy atom. The highest BCUT2D eigenvalue weighted by Gasteiger charge is 2.34. The van der Waals surface area contributed by atoms with Gasteiger partial charge in [-0.2, -0.15) is 0 Å². The molecule has 0 radical (unpaired) electrons. The van der Waals surface area contributed by atoms with E-state index in [-0.39, 0.29) is 12.0 Å². The number of carboxylic acids is 1. The average molecular weight is 241 g/mol. The van der Waals surface area contributed by atoms with E-state index in [1.54, 1.807) is 0 Å². The van der Waals surface area contributed by atoms with E-state index in [1.807, 2.05) is 0 Å². The van der Waals surface area contributed by atoms with Crippen LogP contribution in [0.1, 0.15) is 59.3 Å². The molecule has 0 bridgehead atoms. The summed E-state index contributed by atoms with van der Waals surface area (Å²) in [4.78, 5) is 11.0. The molecule has 1 rings (SSSR count). The molecule has 1 aliphatic rings. The van der Waals surface area contributed by atoms with Crippen LogP contribution in [0, 0.1) is 11.8 Å². The van der Waals surface area contributed by atoms with E-state index in [2.05, 4.69) is 26.1 Å². The van der Waals surface area contributed by atoms with Gasteiger partial charge in [-0.05, 0) is 37.6 Å². The lowest BCUT2D eigenvalue weighted by molar-refractivity contribution is -0.138. The van der Waals surface area contributed by atoms with E-state index in [4.69, 9.17) is 5.11 Å². The van der Waals surface area contributed by atoms with Crippen molar-refractivity contribution in [3.05, 3.63) is 0 Å². The van der Waals surface area contributed by atoms with Crippen molar-refractivity contribution in [3.8, 4) is 0 Å². The largest absolute Gasteiger partial charge is 0.481 e. The zero-order chi connectivity index (χ0) is 12.9. The van der Waals surface area contributed by atoms with Crippen LogP contribution in [0.2, 0.25) is 0 Å². The summed E-state index contributed by atoms with van der Waals surface area (Å²) in [7, 11) is 0. The molecule has 0 aromatic heterocycles. The lowest BCUT2D eigenvalue weighted by Gasteiger charge is -2.32. The van der Waals surface area contributed by atoms with Crippen molar-refractivity contribution in [1.82, 2.24) is 5.32 Å². The predicted octanol–water partition coefficient (Wildman–Crippen LogP) is 3.05. The highest BCUT2D eigenvalue weighted by Crippen LogP contribution is 2.35. The first kappa shape index (κ1) is 14.5. The monoisotopic (exact) mass is 241 g/mol. The van der Waals surface area contributed by atoms with E-state index in [0.29, 0.717) is 0 Å². The standard InChI is InChI=1S/C14H27NO2/c1-4-15-14(10-13(16)17)8-5-6-12(7-9-14)11(2)3/h11-12,15H,4-10H2,1-3H3,(H,16,17). The van der Waals surface area contributed by atoms with E-state index in [1.165, 1.54) is 6.42 Å². The first-order chi connectivity index (χ1) is 7.99. The number of hydrogen-bond donors (Lipinski definition) is 2. The number of rotatable bonds is 5. The van der Waals surface area contributed by atoms with Gasteiger partial charge < -0.3 is 10.4 Å². The van der Waals surface area contributed by atoms with Crippen LogP contribution in [0.25, 0.3) is 0 Å². The zero-order valence-corrected chi connectivity index (χ0v) is 11.5. The van der Waals surface area contributed by atoms with Gasteiger partial charge in [0.1, 0.15) is 0 Å². The van der Waals surface area contributed by atoms with Gasteiger partial charge in [-0.15, -0.1) is 0 Å². The summed E-state index contributed by atoms with van der Waals surface area (Å²) < 4.78 is 0. The smallest absolute Gasteiger partial charge is 0.305 e. The van der Waals surface area contributed by atoms with Crippen LogP contribution in [0.15, 0.2) is 0 Å². The van der Waals surface area contributed by atoms with Crippen molar-refractivity contribution in [2.24, 2.45) is 11.8 Å². The van der Waals surface area contributed by atoms with E-state index in [0.717, 1.165) is 44.1 Å². The number of hydrogen-bond acceptors (Lipinski definition) is 2. The lowest BCUT2D eigenvalue weighted by atomic mass is 9.84. The van der Waals surface area contributed by atoms with Crippen molar-refractivity contribution >= 4 is 5.97 Å². The topological polar surface area (TPSA) is 49.3 Å². The summed E-state index contributed by atoms with van der Waals surface area (Å²) in [5.41, 5.74) is -0.149. The van der Waals surface area contributed by atoms with Crippen LogP contribution in [0.5, 0.6) is 0 Å². The minimum atomic E-state index is -0.672. The fourth-order valence-corrected chi connectivity index (χ4v) is 3.18. The molecule has 17 heavy (non-hydrogen) atoms. The Bertz CT molecular complexity index is 253. The molecule has 0 aromatic carbocycles. The predicted molar refractivity (Wildman–Crippen MR) is 70.1 cm³/mol. The van der Waals surface area contributed by atoms with Crippen molar-refractivity contribution in [3.63, 3.8) is 0 Å². The first-order valence-electron chi connectivity index (χ1n) is 6.96. The SMILES string of the molecule is CCNC1(CC(=O)O)CCCC(C(C)C)CC1. The number of nitrogens with one attached hydrogen (secondary N) is 1. The Morgan fingerprint density at radius 2 is 2.12 bits per heavy atom. The molecular weight excluding hydrogens is 214 g/mol. The molecule has 0 spiro atoms. The van der Waals surface area contributed by atoms with Gasteiger partial charge in [-0.25, -0.2) is 0 Å². The molecule has 0 aliphatic heterocycles. The van der Waals surface area contributed by atoms with Crippen molar-refractivity contribution in [2.75, 3.05) is 6.54 Å². The van der Waals surface area contributed by atoms with Crippen molar-refractivity contribution in [1.29, 1.82) is 0 Å². The van der Waals surface area contributed by atoms with E-state index < -0.39 is 5.97 Å². The maximum Gasteiger partial charge on any atom is 0.305 e. The molecule has 2 unspecified atom stereocenters. The van der Waals surface area contributed by atoms with Gasteiger partial charge in [0.25, 0.3) is 0 Å². The lowest BCUT2D eigenvalue weighted by Crippen LogP contribution is -2.46. The summed E-state index contributed by atoms with van der Waals surface area (Å²) in [6.45, 7) is 7.48. The highest BCUT2D eigenvalue weighted by molar-refractivity contribution is 5.68. The van der Waals surface area contributed by atoms with Crippen molar-refractivity contribution in [2.45, 2.75) is 64.8 Å². The fourth-order valence-electron chi connectivity index (χ4n) is 3.18. The second-order valence-electron chi connectivity index (χ2n) is 5.82. The summed E-state index contributed by atoms with van der Waals surface area (Å²) in [6.07, 6.45) is 5.86. The second-order valence-corrected chi connectivity index (χ2v) is 5.82. The van der Waals surface area contributed by atoms with Crippen LogP contribution in [0.4, 0.5) is 0 Å². The molecular formula is C14H27NO2. The van der Waals surface area contributed by atoms with Gasteiger partial charge in [0.2, 0.25) is 0 Å². The Balaban J connectivity index is 2.68. The minimum Gasteiger partial charge on any atom is -0.481 e. The van der Waals surface area contributed by atoms with Gasteiger partial charge in [0.05, 0.1) is 6.42 Å². The Kier molecular flexibility index (Phi) is 5.44. The van der Waals surface area contributed by atoms with Gasteiger partial charge in [0.15, 0.2) is 0 Å². The zero-order valence-electron chi connectivity index (χ0n) is 11.5. The van der Waals surface area contributed by atoms with E-state index >= 15 is 0 Å². The molecule has 1 aliphatic carbocycles. The number of carbonyl (C=O) groups is 1. The molecule has 2 atom stereocenters. The van der Waals surface area contributed by atoms with Crippen LogP contribution in [-0.2, 0) is 4.79 Å². The van der Waals surface area contributed by atoms with Gasteiger partial charge in [-0.1, -0.05) is 33.6 Å². The molecule has 3 heteroatoms. The van der Waals surface area contributed by atoms with Crippen LogP contribution >= 0.6 is 0 Å². The summed E-state index contributed by atoms with van der Waals surface area (Å²) in [5.74, 6) is 0.815. The molecule has 1 fully saturated rings. The quantitative estimate of drug-likeness (QED) is 0.727. The number of aliphatic carboxylic acids is 1. The molecule has 2 N–H and O–H groups in total. The summed E-state index contributed by atoms with van der Waals surface area (Å²) >= 11 is 0. The van der Waals surface area contributed by atoms with Gasteiger partial charge in [-0.3, -0.25) is 4.79 Å². The summed E-state index contributed by atoms with van der Waals surface area (Å²) in [6, 6.07) is 0.